The summed E-state index contributed by atoms with van der Waals surface area (Å²) >= 11 is 3.42. The molecular weight excluding hydrogens is 494 g/mol. The number of halogens is 1. The Bertz CT molecular complexity index is 513. The number of nitrogens with one attached hydrogen (secondary N) is 1. The van der Waals surface area contributed by atoms with E-state index in [2.05, 4.69) is 34.7 Å². The van der Waals surface area contributed by atoms with Gasteiger partial charge in [-0.05, 0) is 26.2 Å². The van der Waals surface area contributed by atoms with Crippen LogP contribution >= 0.6 is 15.9 Å². The average molecular weight is 547 g/mol. The second-order valence-electron chi connectivity index (χ2n) is 9.45. The monoisotopic (exact) mass is 545 g/mol. The lowest BCUT2D eigenvalue weighted by Gasteiger charge is -2.18. The van der Waals surface area contributed by atoms with Crippen molar-refractivity contribution in [2.75, 3.05) is 11.9 Å². The number of hydrogen-bond acceptors (Lipinski definition) is 4. The minimum Gasteiger partial charge on any atom is -0.421 e. The largest absolute Gasteiger partial charge is 0.421 e. The van der Waals surface area contributed by atoms with Gasteiger partial charge in [0.25, 0.3) is 6.29 Å². The minimum absolute atomic E-state index is 0.335. The summed E-state index contributed by atoms with van der Waals surface area (Å²) in [5, 5.41) is 3.78. The van der Waals surface area contributed by atoms with Crippen LogP contribution in [0.15, 0.2) is 12.2 Å². The topological polar surface area (TPSA) is 64.6 Å². The van der Waals surface area contributed by atoms with Crippen LogP contribution in [-0.4, -0.2) is 30.2 Å². The zero-order chi connectivity index (χ0) is 25.3. The van der Waals surface area contributed by atoms with Gasteiger partial charge in [-0.1, -0.05) is 126 Å². The maximum Gasteiger partial charge on any atom is 0.410 e. The predicted octanol–water partition coefficient (Wildman–Crippen LogP) is 8.98. The van der Waals surface area contributed by atoms with Crippen molar-refractivity contribution in [2.24, 2.45) is 0 Å². The Morgan fingerprint density at radius 3 is 1.71 bits per heavy atom. The van der Waals surface area contributed by atoms with E-state index in [4.69, 9.17) is 9.47 Å². The van der Waals surface area contributed by atoms with Gasteiger partial charge in [0, 0.05) is 23.9 Å². The van der Waals surface area contributed by atoms with Gasteiger partial charge in [-0.3, -0.25) is 4.79 Å². The lowest BCUT2D eigenvalue weighted by molar-refractivity contribution is -0.162. The first-order valence-electron chi connectivity index (χ1n) is 13.9. The Morgan fingerprint density at radius 2 is 1.21 bits per heavy atom. The molecule has 1 amide bonds. The van der Waals surface area contributed by atoms with Crippen LogP contribution in [0.5, 0.6) is 0 Å². The first-order valence-corrected chi connectivity index (χ1v) is 15.0. The van der Waals surface area contributed by atoms with Gasteiger partial charge in [0.2, 0.25) is 0 Å². The van der Waals surface area contributed by atoms with Crippen LogP contribution in [0.25, 0.3) is 0 Å². The number of carbonyl (C=O) groups is 2. The third-order valence-electron chi connectivity index (χ3n) is 5.92. The molecule has 0 saturated carbocycles. The number of alkyl carbamates (subject to hydrolysis) is 1. The maximum absolute atomic E-state index is 12.0. The summed E-state index contributed by atoms with van der Waals surface area (Å²) < 4.78 is 10.6. The third kappa shape index (κ3) is 22.7. The first kappa shape index (κ1) is 33.0. The second kappa shape index (κ2) is 25.1. The fourth-order valence-corrected chi connectivity index (χ4v) is 4.17. The van der Waals surface area contributed by atoms with Crippen LogP contribution < -0.4 is 5.32 Å². The lowest BCUT2D eigenvalue weighted by atomic mass is 10.0. The third-order valence-corrected chi connectivity index (χ3v) is 6.48. The number of ether oxygens (including phenoxy) is 2. The van der Waals surface area contributed by atoms with Crippen molar-refractivity contribution in [1.82, 2.24) is 5.32 Å². The number of esters is 1. The molecule has 1 unspecified atom stereocenters. The molecule has 0 aliphatic rings. The van der Waals surface area contributed by atoms with E-state index >= 15 is 0 Å². The minimum atomic E-state index is -1.02. The van der Waals surface area contributed by atoms with Crippen molar-refractivity contribution < 1.29 is 19.1 Å². The molecule has 0 bridgehead atoms. The molecule has 1 atom stereocenters. The number of carbonyl (C=O) groups excluding carboxylic acids is 2. The molecule has 34 heavy (non-hydrogen) atoms. The molecule has 0 spiro atoms. The molecule has 0 rings (SSSR count). The molecule has 0 fully saturated rings. The molecule has 5 nitrogen and oxygen atoms in total. The van der Waals surface area contributed by atoms with Crippen LogP contribution in [0.1, 0.15) is 136 Å². The molecule has 0 aliphatic heterocycles. The zero-order valence-corrected chi connectivity index (χ0v) is 23.7. The quantitative estimate of drug-likeness (QED) is 0.0431. The van der Waals surface area contributed by atoms with Gasteiger partial charge in [-0.15, -0.1) is 0 Å². The van der Waals surface area contributed by atoms with Gasteiger partial charge in [0.1, 0.15) is 0 Å². The van der Waals surface area contributed by atoms with Crippen molar-refractivity contribution in [3.05, 3.63) is 12.2 Å². The van der Waals surface area contributed by atoms with E-state index in [1.54, 1.807) is 6.92 Å². The van der Waals surface area contributed by atoms with Crippen LogP contribution in [0.3, 0.4) is 0 Å². The summed E-state index contributed by atoms with van der Waals surface area (Å²) in [5.74, 6) is -0.349. The molecule has 6 heteroatoms. The molecule has 0 heterocycles. The van der Waals surface area contributed by atoms with E-state index in [-0.39, 0.29) is 5.97 Å². The molecule has 0 saturated heterocycles. The van der Waals surface area contributed by atoms with E-state index in [0.717, 1.165) is 50.3 Å². The van der Waals surface area contributed by atoms with Gasteiger partial charge in [-0.2, -0.15) is 0 Å². The zero-order valence-electron chi connectivity index (χ0n) is 22.1. The van der Waals surface area contributed by atoms with Crippen LogP contribution in [0, 0.1) is 0 Å². The predicted molar refractivity (Wildman–Crippen MR) is 146 cm³/mol. The highest BCUT2D eigenvalue weighted by atomic mass is 79.9. The van der Waals surface area contributed by atoms with E-state index < -0.39 is 12.4 Å². The number of alkyl halides is 1. The van der Waals surface area contributed by atoms with Crippen molar-refractivity contribution in [3.63, 3.8) is 0 Å². The lowest BCUT2D eigenvalue weighted by Crippen LogP contribution is -2.32. The Balaban J connectivity index is 3.69. The van der Waals surface area contributed by atoms with Gasteiger partial charge in [-0.25, -0.2) is 4.79 Å². The van der Waals surface area contributed by atoms with Gasteiger partial charge >= 0.3 is 12.1 Å². The van der Waals surface area contributed by atoms with Gasteiger partial charge in [0.05, 0.1) is 0 Å². The Morgan fingerprint density at radius 1 is 0.735 bits per heavy atom. The Labute approximate surface area is 218 Å². The summed E-state index contributed by atoms with van der Waals surface area (Å²) in [5.41, 5.74) is 0.502. The maximum atomic E-state index is 12.0. The number of amides is 1. The molecule has 1 N–H and O–H groups in total. The van der Waals surface area contributed by atoms with Gasteiger partial charge < -0.3 is 14.8 Å². The summed E-state index contributed by atoms with van der Waals surface area (Å²) in [6, 6.07) is 0. The smallest absolute Gasteiger partial charge is 0.410 e. The molecule has 0 radical (unpaired) electrons. The highest BCUT2D eigenvalue weighted by Gasteiger charge is 2.19. The normalized spacial score (nSPS) is 11.7. The van der Waals surface area contributed by atoms with Crippen molar-refractivity contribution in [2.45, 2.75) is 142 Å². The standard InChI is InChI=1S/C28H52BrNO4/c1-4-5-6-7-8-9-10-11-12-13-14-18-21-24-30-28(32)34-27(25(2)3)33-26(31)22-19-16-15-17-20-23-29/h27H,2,4-24H2,1,3H3,(H,30,32). The molecule has 0 aliphatic carbocycles. The molecule has 0 aromatic carbocycles. The first-order chi connectivity index (χ1) is 16.5. The van der Waals surface area contributed by atoms with E-state index in [1.807, 2.05) is 0 Å². The van der Waals surface area contributed by atoms with Crippen molar-refractivity contribution in [3.8, 4) is 0 Å². The van der Waals surface area contributed by atoms with E-state index in [0.29, 0.717) is 18.5 Å². The molecule has 200 valence electrons. The van der Waals surface area contributed by atoms with Crippen LogP contribution in [-0.2, 0) is 14.3 Å². The van der Waals surface area contributed by atoms with E-state index in [9.17, 15) is 9.59 Å². The summed E-state index contributed by atoms with van der Waals surface area (Å²) in [7, 11) is 0. The Hall–Kier alpha value is -1.04. The second-order valence-corrected chi connectivity index (χ2v) is 10.2. The number of hydrogen-bond donors (Lipinski definition) is 1. The summed E-state index contributed by atoms with van der Waals surface area (Å²) in [6.45, 7) is 8.30. The summed E-state index contributed by atoms with van der Waals surface area (Å²) in [6.07, 6.45) is 20.8. The highest BCUT2D eigenvalue weighted by molar-refractivity contribution is 9.09. The van der Waals surface area contributed by atoms with Crippen molar-refractivity contribution >= 4 is 28.0 Å². The summed E-state index contributed by atoms with van der Waals surface area (Å²) in [4.78, 5) is 24.1. The molecule has 0 aromatic heterocycles. The fourth-order valence-electron chi connectivity index (χ4n) is 3.77. The van der Waals surface area contributed by atoms with Crippen molar-refractivity contribution in [1.29, 1.82) is 0 Å². The van der Waals surface area contributed by atoms with Gasteiger partial charge in [0.15, 0.2) is 0 Å². The molecule has 0 aromatic rings. The van der Waals surface area contributed by atoms with Crippen LogP contribution in [0.2, 0.25) is 0 Å². The SMILES string of the molecule is C=C(C)C(OC(=O)CCCCCCCBr)OC(=O)NCCCCCCCCCCCCCCC. The number of rotatable bonds is 24. The Kier molecular flexibility index (Phi) is 24.3. The highest BCUT2D eigenvalue weighted by Crippen LogP contribution is 2.13. The number of unbranched alkanes of at least 4 members (excludes halogenated alkanes) is 16. The average Bonchev–Trinajstić information content (AvgIpc) is 2.81. The fraction of sp³-hybridized carbons (Fsp3) is 0.857. The van der Waals surface area contributed by atoms with E-state index in [1.165, 1.54) is 70.6 Å². The molecular formula is C28H52BrNO4. The van der Waals surface area contributed by atoms with Crippen LogP contribution in [0.4, 0.5) is 4.79 Å².